The summed E-state index contributed by atoms with van der Waals surface area (Å²) in [4.78, 5) is 25.3. The molecule has 0 aliphatic heterocycles. The summed E-state index contributed by atoms with van der Waals surface area (Å²) in [7, 11) is 0. The monoisotopic (exact) mass is 462 g/mol. The van der Waals surface area contributed by atoms with Gasteiger partial charge in [0.2, 0.25) is 0 Å². The van der Waals surface area contributed by atoms with Gasteiger partial charge in [-0.05, 0) is 46.5 Å². The smallest absolute Gasteiger partial charge is 0.346 e. The minimum atomic E-state index is -0.659. The molecule has 0 aliphatic carbocycles. The molecule has 0 saturated carbocycles. The summed E-state index contributed by atoms with van der Waals surface area (Å²) < 4.78 is 5.16. The van der Waals surface area contributed by atoms with Crippen LogP contribution in [0.4, 0.5) is 0 Å². The van der Waals surface area contributed by atoms with E-state index < -0.39 is 11.9 Å². The number of benzene rings is 4. The summed E-state index contributed by atoms with van der Waals surface area (Å²) in [6.07, 6.45) is 0. The topological polar surface area (TPSA) is 43.4 Å². The highest BCUT2D eigenvalue weighted by Crippen LogP contribution is 2.32. The highest BCUT2D eigenvalue weighted by molar-refractivity contribution is 6.02. The van der Waals surface area contributed by atoms with Crippen molar-refractivity contribution in [2.24, 2.45) is 0 Å². The third-order valence-corrected chi connectivity index (χ3v) is 6.86. The van der Waals surface area contributed by atoms with E-state index in [9.17, 15) is 9.59 Å². The van der Waals surface area contributed by atoms with E-state index in [0.717, 1.165) is 11.1 Å². The van der Waals surface area contributed by atoms with E-state index >= 15 is 0 Å². The fraction of sp³-hybridized carbons (Fsp3) is 0.188. The van der Waals surface area contributed by atoms with E-state index in [1.807, 2.05) is 60.7 Å². The van der Waals surface area contributed by atoms with Crippen LogP contribution < -0.4 is 0 Å². The molecule has 0 saturated heterocycles. The standard InChI is InChI=1S/C32H30O3/c1-31(2,25-11-7-5-8-12-25)27-19-15-23(16-20-27)29(33)35-30(34)24-17-21-28(22-18-24)32(3,4)26-13-9-6-10-14-26/h5-22H,1-4H3. The van der Waals surface area contributed by atoms with Crippen molar-refractivity contribution in [2.45, 2.75) is 38.5 Å². The van der Waals surface area contributed by atoms with Crippen molar-refractivity contribution in [3.63, 3.8) is 0 Å². The maximum Gasteiger partial charge on any atom is 0.346 e. The Morgan fingerprint density at radius 1 is 0.457 bits per heavy atom. The van der Waals surface area contributed by atoms with E-state index in [1.54, 1.807) is 24.3 Å². The van der Waals surface area contributed by atoms with Crippen LogP contribution in [0.5, 0.6) is 0 Å². The van der Waals surface area contributed by atoms with Gasteiger partial charge in [-0.3, -0.25) is 0 Å². The normalized spacial score (nSPS) is 11.7. The van der Waals surface area contributed by atoms with E-state index in [0.29, 0.717) is 11.1 Å². The summed E-state index contributed by atoms with van der Waals surface area (Å²) in [6, 6.07) is 34.9. The van der Waals surface area contributed by atoms with Crippen LogP contribution in [0.3, 0.4) is 0 Å². The minimum Gasteiger partial charge on any atom is -0.386 e. The quantitative estimate of drug-likeness (QED) is 0.222. The Hall–Kier alpha value is -3.98. The second kappa shape index (κ2) is 9.71. The third-order valence-electron chi connectivity index (χ3n) is 6.86. The number of hydrogen-bond donors (Lipinski definition) is 0. The van der Waals surface area contributed by atoms with Gasteiger partial charge in [0.05, 0.1) is 11.1 Å². The minimum absolute atomic E-state index is 0.214. The van der Waals surface area contributed by atoms with Crippen LogP contribution in [-0.2, 0) is 15.6 Å². The van der Waals surface area contributed by atoms with Crippen LogP contribution in [0, 0.1) is 0 Å². The maximum absolute atomic E-state index is 12.6. The van der Waals surface area contributed by atoms with Crippen molar-refractivity contribution < 1.29 is 14.3 Å². The number of hydrogen-bond acceptors (Lipinski definition) is 3. The lowest BCUT2D eigenvalue weighted by molar-refractivity contribution is 0.0397. The lowest BCUT2D eigenvalue weighted by Crippen LogP contribution is -2.19. The average molecular weight is 463 g/mol. The van der Waals surface area contributed by atoms with Gasteiger partial charge in [0.15, 0.2) is 0 Å². The van der Waals surface area contributed by atoms with E-state index in [1.165, 1.54) is 11.1 Å². The molecule has 0 radical (unpaired) electrons. The molecule has 0 atom stereocenters. The zero-order valence-electron chi connectivity index (χ0n) is 20.6. The number of carbonyl (C=O) groups excluding carboxylic acids is 2. The van der Waals surface area contributed by atoms with E-state index in [2.05, 4.69) is 52.0 Å². The predicted octanol–water partition coefficient (Wildman–Crippen LogP) is 7.34. The molecule has 0 fully saturated rings. The van der Waals surface area contributed by atoms with Gasteiger partial charge in [-0.2, -0.15) is 0 Å². The Morgan fingerprint density at radius 2 is 0.743 bits per heavy atom. The molecule has 4 aromatic rings. The summed E-state index contributed by atoms with van der Waals surface area (Å²) in [6.45, 7) is 8.56. The Bertz CT molecular complexity index is 1200. The van der Waals surface area contributed by atoms with Crippen LogP contribution in [-0.4, -0.2) is 11.9 Å². The average Bonchev–Trinajstić information content (AvgIpc) is 2.89. The SMILES string of the molecule is CC(C)(c1ccccc1)c1ccc(C(=O)OC(=O)c2ccc(C(C)(C)c3ccccc3)cc2)cc1. The molecule has 3 heteroatoms. The molecule has 35 heavy (non-hydrogen) atoms. The maximum atomic E-state index is 12.6. The van der Waals surface area contributed by atoms with Crippen LogP contribution in [0.15, 0.2) is 109 Å². The van der Waals surface area contributed by atoms with Crippen molar-refractivity contribution in [3.8, 4) is 0 Å². The Balaban J connectivity index is 1.44. The lowest BCUT2D eigenvalue weighted by Gasteiger charge is -2.26. The lowest BCUT2D eigenvalue weighted by atomic mass is 9.78. The first-order chi connectivity index (χ1) is 16.7. The Labute approximate surface area is 207 Å². The first-order valence-electron chi connectivity index (χ1n) is 11.8. The highest BCUT2D eigenvalue weighted by atomic mass is 16.6. The molecule has 0 N–H and O–H groups in total. The molecule has 176 valence electrons. The van der Waals surface area contributed by atoms with Gasteiger partial charge in [-0.1, -0.05) is 113 Å². The van der Waals surface area contributed by atoms with Crippen molar-refractivity contribution in [1.29, 1.82) is 0 Å². The molecule has 0 amide bonds. The van der Waals surface area contributed by atoms with Crippen LogP contribution in [0.1, 0.15) is 70.7 Å². The van der Waals surface area contributed by atoms with Gasteiger partial charge in [0.1, 0.15) is 0 Å². The van der Waals surface area contributed by atoms with E-state index in [-0.39, 0.29) is 10.8 Å². The fourth-order valence-electron chi connectivity index (χ4n) is 4.29. The number of carbonyl (C=O) groups is 2. The largest absolute Gasteiger partial charge is 0.386 e. The Kier molecular flexibility index (Phi) is 6.70. The Morgan fingerprint density at radius 3 is 1.06 bits per heavy atom. The third kappa shape index (κ3) is 5.09. The first kappa shape index (κ1) is 24.2. The summed E-state index contributed by atoms with van der Waals surface area (Å²) >= 11 is 0. The molecule has 0 heterocycles. The highest BCUT2D eigenvalue weighted by Gasteiger charge is 2.25. The molecule has 0 aromatic heterocycles. The number of ether oxygens (including phenoxy) is 1. The van der Waals surface area contributed by atoms with Crippen LogP contribution in [0.2, 0.25) is 0 Å². The molecular formula is C32H30O3. The van der Waals surface area contributed by atoms with Crippen molar-refractivity contribution in [2.75, 3.05) is 0 Å². The first-order valence-corrected chi connectivity index (χ1v) is 11.8. The van der Waals surface area contributed by atoms with E-state index in [4.69, 9.17) is 4.74 Å². The second-order valence-electron chi connectivity index (χ2n) is 9.81. The van der Waals surface area contributed by atoms with Crippen molar-refractivity contribution in [3.05, 3.63) is 143 Å². The van der Waals surface area contributed by atoms with Crippen LogP contribution in [0.25, 0.3) is 0 Å². The summed E-state index contributed by atoms with van der Waals surface area (Å²) in [5, 5.41) is 0. The van der Waals surface area contributed by atoms with Gasteiger partial charge in [0, 0.05) is 10.8 Å². The van der Waals surface area contributed by atoms with Gasteiger partial charge in [-0.25, -0.2) is 9.59 Å². The molecule has 0 unspecified atom stereocenters. The van der Waals surface area contributed by atoms with Gasteiger partial charge in [-0.15, -0.1) is 0 Å². The molecule has 4 rings (SSSR count). The molecule has 0 spiro atoms. The molecule has 0 aliphatic rings. The zero-order chi connectivity index (χ0) is 25.1. The summed E-state index contributed by atoms with van der Waals surface area (Å²) in [5.74, 6) is -1.32. The second-order valence-corrected chi connectivity index (χ2v) is 9.81. The molecular weight excluding hydrogens is 432 g/mol. The molecule has 0 bridgehead atoms. The van der Waals surface area contributed by atoms with Crippen molar-refractivity contribution in [1.82, 2.24) is 0 Å². The van der Waals surface area contributed by atoms with Gasteiger partial charge < -0.3 is 4.74 Å². The summed E-state index contributed by atoms with van der Waals surface area (Å²) in [5.41, 5.74) is 4.77. The van der Waals surface area contributed by atoms with Crippen LogP contribution >= 0.6 is 0 Å². The fourth-order valence-corrected chi connectivity index (χ4v) is 4.29. The molecule has 3 nitrogen and oxygen atoms in total. The van der Waals surface area contributed by atoms with Gasteiger partial charge >= 0.3 is 11.9 Å². The number of rotatable bonds is 6. The number of esters is 2. The van der Waals surface area contributed by atoms with Crippen molar-refractivity contribution >= 4 is 11.9 Å². The predicted molar refractivity (Wildman–Crippen MR) is 140 cm³/mol. The zero-order valence-corrected chi connectivity index (χ0v) is 20.6. The molecule has 4 aromatic carbocycles. The van der Waals surface area contributed by atoms with Gasteiger partial charge in [0.25, 0.3) is 0 Å².